The molecule has 7 nitrogen and oxygen atoms in total. The quantitative estimate of drug-likeness (QED) is 0.874. The monoisotopic (exact) mass is 344 g/mol. The van der Waals surface area contributed by atoms with E-state index in [9.17, 15) is 5.11 Å². The molecule has 1 aromatic heterocycles. The van der Waals surface area contributed by atoms with Gasteiger partial charge in [0, 0.05) is 30.0 Å². The normalized spacial score (nSPS) is 25.4. The number of rotatable bonds is 4. The molecule has 0 bridgehead atoms. The van der Waals surface area contributed by atoms with Crippen molar-refractivity contribution in [2.45, 2.75) is 19.3 Å². The van der Waals surface area contributed by atoms with E-state index in [2.05, 4.69) is 9.88 Å². The molecule has 4 rings (SSSR count). The topological polar surface area (TPSA) is 93.7 Å². The molecule has 7 heteroatoms. The van der Waals surface area contributed by atoms with Crippen LogP contribution in [0.1, 0.15) is 19.3 Å². The largest absolute Gasteiger partial charge is 0.493 e. The van der Waals surface area contributed by atoms with Crippen molar-refractivity contribution in [3.05, 3.63) is 12.1 Å². The van der Waals surface area contributed by atoms with Crippen LogP contribution in [-0.4, -0.2) is 49.0 Å². The summed E-state index contributed by atoms with van der Waals surface area (Å²) in [6.07, 6.45) is 3.42. The molecule has 3 N–H and O–H groups in total. The van der Waals surface area contributed by atoms with Gasteiger partial charge < -0.3 is 25.2 Å². The Balaban J connectivity index is 1.74. The molecule has 2 atom stereocenters. The highest BCUT2D eigenvalue weighted by Gasteiger charge is 2.49. The number of aliphatic hydroxyl groups is 1. The van der Waals surface area contributed by atoms with Crippen molar-refractivity contribution in [3.63, 3.8) is 0 Å². The first-order chi connectivity index (χ1) is 12.1. The van der Waals surface area contributed by atoms with Crippen LogP contribution >= 0.6 is 0 Å². The second kappa shape index (κ2) is 5.91. The Morgan fingerprint density at radius 1 is 1.28 bits per heavy atom. The number of benzene rings is 1. The predicted molar refractivity (Wildman–Crippen MR) is 96.1 cm³/mol. The van der Waals surface area contributed by atoms with Gasteiger partial charge in [0.05, 0.1) is 26.3 Å². The van der Waals surface area contributed by atoms with Gasteiger partial charge in [0.1, 0.15) is 5.82 Å². The van der Waals surface area contributed by atoms with Crippen LogP contribution < -0.4 is 20.1 Å². The summed E-state index contributed by atoms with van der Waals surface area (Å²) in [7, 11) is 3.19. The van der Waals surface area contributed by atoms with Gasteiger partial charge in [-0.05, 0) is 24.8 Å². The summed E-state index contributed by atoms with van der Waals surface area (Å²) in [5.74, 6) is 2.77. The van der Waals surface area contributed by atoms with E-state index in [1.807, 2.05) is 6.07 Å². The fraction of sp³-hybridized carbons (Fsp3) is 0.556. The summed E-state index contributed by atoms with van der Waals surface area (Å²) < 4.78 is 10.7. The van der Waals surface area contributed by atoms with Crippen molar-refractivity contribution in [2.75, 3.05) is 44.5 Å². The minimum atomic E-state index is -0.00925. The zero-order valence-electron chi connectivity index (χ0n) is 14.7. The minimum absolute atomic E-state index is 0.00925. The fourth-order valence-corrected chi connectivity index (χ4v) is 4.43. The first-order valence-corrected chi connectivity index (χ1v) is 8.65. The Labute approximate surface area is 146 Å². The number of nitrogens with zero attached hydrogens (tertiary/aromatic N) is 3. The summed E-state index contributed by atoms with van der Waals surface area (Å²) in [4.78, 5) is 11.4. The summed E-state index contributed by atoms with van der Waals surface area (Å²) in [6.45, 7) is 1.88. The number of methoxy groups -OCH3 is 2. The Hall–Kier alpha value is -2.28. The molecule has 2 heterocycles. The smallest absolute Gasteiger partial charge is 0.227 e. The second-order valence-electron chi connectivity index (χ2n) is 7.12. The highest BCUT2D eigenvalue weighted by atomic mass is 16.5. The number of aliphatic hydroxyl groups excluding tert-OH is 1. The molecule has 2 fully saturated rings. The lowest BCUT2D eigenvalue weighted by Gasteiger charge is -2.26. The number of fused-ring (bicyclic) bond motifs is 2. The molecule has 1 saturated carbocycles. The molecule has 0 amide bonds. The summed E-state index contributed by atoms with van der Waals surface area (Å²) in [5, 5.41) is 10.7. The number of anilines is 2. The van der Waals surface area contributed by atoms with Crippen LogP contribution in [0.4, 0.5) is 11.8 Å². The fourth-order valence-electron chi connectivity index (χ4n) is 4.43. The van der Waals surface area contributed by atoms with Crippen LogP contribution in [0.2, 0.25) is 0 Å². The van der Waals surface area contributed by atoms with Crippen LogP contribution in [0, 0.1) is 11.3 Å². The van der Waals surface area contributed by atoms with Gasteiger partial charge in [-0.2, -0.15) is 4.98 Å². The molecule has 1 aliphatic carbocycles. The summed E-state index contributed by atoms with van der Waals surface area (Å²) in [5.41, 5.74) is 6.92. The number of ether oxygens (including phenoxy) is 2. The maximum Gasteiger partial charge on any atom is 0.227 e. The van der Waals surface area contributed by atoms with E-state index in [1.54, 1.807) is 20.3 Å². The maximum absolute atomic E-state index is 9.92. The highest BCUT2D eigenvalue weighted by molar-refractivity contribution is 5.91. The van der Waals surface area contributed by atoms with Crippen LogP contribution in [-0.2, 0) is 0 Å². The van der Waals surface area contributed by atoms with Gasteiger partial charge >= 0.3 is 0 Å². The van der Waals surface area contributed by atoms with E-state index in [-0.39, 0.29) is 12.0 Å². The lowest BCUT2D eigenvalue weighted by molar-refractivity contribution is 0.121. The van der Waals surface area contributed by atoms with Crippen LogP contribution in [0.15, 0.2) is 12.1 Å². The van der Waals surface area contributed by atoms with Crippen LogP contribution in [0.3, 0.4) is 0 Å². The number of hydrogen-bond donors (Lipinski definition) is 2. The van der Waals surface area contributed by atoms with E-state index in [0.717, 1.165) is 36.8 Å². The molecule has 1 aromatic carbocycles. The molecular weight excluding hydrogens is 320 g/mol. The molecule has 1 saturated heterocycles. The average molecular weight is 344 g/mol. The minimum Gasteiger partial charge on any atom is -0.493 e. The molecule has 25 heavy (non-hydrogen) atoms. The van der Waals surface area contributed by atoms with Gasteiger partial charge in [0.2, 0.25) is 5.95 Å². The SMILES string of the molecule is COc1cc2nc(N3C[C@@H]4CCC[C@]4(CO)C3)nc(N)c2cc1OC. The van der Waals surface area contributed by atoms with E-state index in [0.29, 0.717) is 29.2 Å². The molecule has 0 spiro atoms. The summed E-state index contributed by atoms with van der Waals surface area (Å²) in [6, 6.07) is 3.63. The van der Waals surface area contributed by atoms with Crippen molar-refractivity contribution in [2.24, 2.45) is 11.3 Å². The first kappa shape index (κ1) is 16.2. The zero-order chi connectivity index (χ0) is 17.6. The predicted octanol–water partition coefficient (Wildman–Crippen LogP) is 1.83. The van der Waals surface area contributed by atoms with Crippen molar-refractivity contribution < 1.29 is 14.6 Å². The van der Waals surface area contributed by atoms with Gasteiger partial charge in [-0.15, -0.1) is 0 Å². The Morgan fingerprint density at radius 2 is 2.04 bits per heavy atom. The Morgan fingerprint density at radius 3 is 2.72 bits per heavy atom. The lowest BCUT2D eigenvalue weighted by Crippen LogP contribution is -2.31. The maximum atomic E-state index is 9.92. The third-order valence-electron chi connectivity index (χ3n) is 5.86. The van der Waals surface area contributed by atoms with Gasteiger partial charge in [0.15, 0.2) is 11.5 Å². The van der Waals surface area contributed by atoms with Crippen LogP contribution in [0.25, 0.3) is 10.9 Å². The lowest BCUT2D eigenvalue weighted by atomic mass is 9.82. The molecular formula is C18H24N4O3. The van der Waals surface area contributed by atoms with E-state index in [1.165, 1.54) is 6.42 Å². The van der Waals surface area contributed by atoms with Gasteiger partial charge in [-0.3, -0.25) is 0 Å². The van der Waals surface area contributed by atoms with Crippen molar-refractivity contribution in [3.8, 4) is 11.5 Å². The standard InChI is InChI=1S/C18H24N4O3/c1-24-14-6-12-13(7-15(14)25-2)20-17(21-16(12)19)22-8-11-4-3-5-18(11,9-22)10-23/h6-7,11,23H,3-5,8-10H2,1-2H3,(H2,19,20,21)/t11-,18+/m0/s1. The molecule has 1 aliphatic heterocycles. The molecule has 2 aromatic rings. The third kappa shape index (κ3) is 2.45. The van der Waals surface area contributed by atoms with Gasteiger partial charge in [0.25, 0.3) is 0 Å². The van der Waals surface area contributed by atoms with E-state index >= 15 is 0 Å². The zero-order valence-corrected chi connectivity index (χ0v) is 14.7. The van der Waals surface area contributed by atoms with E-state index in [4.69, 9.17) is 20.2 Å². The van der Waals surface area contributed by atoms with E-state index < -0.39 is 0 Å². The Kier molecular flexibility index (Phi) is 3.83. The Bertz CT molecular complexity index is 812. The van der Waals surface area contributed by atoms with Crippen LogP contribution in [0.5, 0.6) is 11.5 Å². The number of aromatic nitrogens is 2. The second-order valence-corrected chi connectivity index (χ2v) is 7.12. The number of nitrogens with two attached hydrogens (primary N) is 1. The van der Waals surface area contributed by atoms with Gasteiger partial charge in [-0.25, -0.2) is 4.98 Å². The number of nitrogen functional groups attached to an aromatic ring is 1. The molecule has 0 radical (unpaired) electrons. The van der Waals surface area contributed by atoms with Crippen molar-refractivity contribution >= 4 is 22.7 Å². The average Bonchev–Trinajstić information content (AvgIpc) is 3.18. The summed E-state index contributed by atoms with van der Waals surface area (Å²) >= 11 is 0. The van der Waals surface area contributed by atoms with Crippen molar-refractivity contribution in [1.82, 2.24) is 9.97 Å². The van der Waals surface area contributed by atoms with Crippen molar-refractivity contribution in [1.29, 1.82) is 0 Å². The molecule has 2 aliphatic rings. The molecule has 0 unspecified atom stereocenters. The highest BCUT2D eigenvalue weighted by Crippen LogP contribution is 2.49. The number of hydrogen-bond acceptors (Lipinski definition) is 7. The van der Waals surface area contributed by atoms with Gasteiger partial charge in [-0.1, -0.05) is 6.42 Å². The molecule has 134 valence electrons. The first-order valence-electron chi connectivity index (χ1n) is 8.65. The third-order valence-corrected chi connectivity index (χ3v) is 5.86.